The van der Waals surface area contributed by atoms with Crippen molar-refractivity contribution < 1.29 is 4.74 Å². The SMILES string of the molecule is C=C(CC)OCCN(CC)CC. The van der Waals surface area contributed by atoms with Crippen LogP contribution in [-0.2, 0) is 4.74 Å². The van der Waals surface area contributed by atoms with Crippen molar-refractivity contribution in [3.63, 3.8) is 0 Å². The zero-order chi connectivity index (χ0) is 9.40. The number of hydrogen-bond donors (Lipinski definition) is 0. The standard InChI is InChI=1S/C10H21NO/c1-5-10(4)12-9-8-11(6-2)7-3/h4-9H2,1-3H3. The van der Waals surface area contributed by atoms with Crippen molar-refractivity contribution in [1.29, 1.82) is 0 Å². The van der Waals surface area contributed by atoms with Crippen LogP contribution in [0.3, 0.4) is 0 Å². The van der Waals surface area contributed by atoms with E-state index < -0.39 is 0 Å². The van der Waals surface area contributed by atoms with Crippen molar-refractivity contribution in [2.45, 2.75) is 27.2 Å². The second-order valence-electron chi connectivity index (χ2n) is 2.77. The maximum atomic E-state index is 5.39. The lowest BCUT2D eigenvalue weighted by atomic mass is 10.4. The number of ether oxygens (including phenoxy) is 1. The summed E-state index contributed by atoms with van der Waals surface area (Å²) in [4.78, 5) is 2.34. The summed E-state index contributed by atoms with van der Waals surface area (Å²) in [6.07, 6.45) is 0.915. The van der Waals surface area contributed by atoms with Crippen LogP contribution in [0.5, 0.6) is 0 Å². The van der Waals surface area contributed by atoms with E-state index in [0.717, 1.165) is 38.4 Å². The molecule has 72 valence electrons. The molecule has 0 aliphatic heterocycles. The molecule has 0 rings (SSSR count). The fourth-order valence-corrected chi connectivity index (χ4v) is 0.961. The maximum absolute atomic E-state index is 5.39. The molecule has 0 saturated heterocycles. The van der Waals surface area contributed by atoms with Crippen LogP contribution < -0.4 is 0 Å². The number of allylic oxidation sites excluding steroid dienone is 1. The van der Waals surface area contributed by atoms with E-state index in [4.69, 9.17) is 4.74 Å². The van der Waals surface area contributed by atoms with E-state index in [1.54, 1.807) is 0 Å². The van der Waals surface area contributed by atoms with E-state index in [-0.39, 0.29) is 0 Å². The summed E-state index contributed by atoms with van der Waals surface area (Å²) >= 11 is 0. The molecule has 0 aromatic carbocycles. The number of rotatable bonds is 7. The van der Waals surface area contributed by atoms with Gasteiger partial charge in [-0.1, -0.05) is 27.4 Å². The van der Waals surface area contributed by atoms with Crippen LogP contribution in [0.4, 0.5) is 0 Å². The highest BCUT2D eigenvalue weighted by Crippen LogP contribution is 1.98. The first-order chi connectivity index (χ1) is 5.74. The van der Waals surface area contributed by atoms with Gasteiger partial charge < -0.3 is 9.64 Å². The highest BCUT2D eigenvalue weighted by atomic mass is 16.5. The zero-order valence-corrected chi connectivity index (χ0v) is 8.60. The molecule has 0 heterocycles. The van der Waals surface area contributed by atoms with Gasteiger partial charge in [-0.3, -0.25) is 0 Å². The van der Waals surface area contributed by atoms with Gasteiger partial charge in [-0.15, -0.1) is 0 Å². The largest absolute Gasteiger partial charge is 0.497 e. The average molecular weight is 171 g/mol. The predicted octanol–water partition coefficient (Wildman–Crippen LogP) is 2.27. The van der Waals surface area contributed by atoms with E-state index in [1.807, 2.05) is 0 Å². The lowest BCUT2D eigenvalue weighted by Gasteiger charge is -2.18. The van der Waals surface area contributed by atoms with Crippen molar-refractivity contribution in [1.82, 2.24) is 4.90 Å². The summed E-state index contributed by atoms with van der Waals surface area (Å²) in [6, 6.07) is 0. The maximum Gasteiger partial charge on any atom is 0.100 e. The normalized spacial score (nSPS) is 10.3. The van der Waals surface area contributed by atoms with E-state index in [0.29, 0.717) is 0 Å². The van der Waals surface area contributed by atoms with Gasteiger partial charge in [0.05, 0.1) is 5.76 Å². The second-order valence-corrected chi connectivity index (χ2v) is 2.77. The van der Waals surface area contributed by atoms with E-state index >= 15 is 0 Å². The van der Waals surface area contributed by atoms with Gasteiger partial charge in [-0.2, -0.15) is 0 Å². The van der Waals surface area contributed by atoms with Crippen LogP contribution in [0.1, 0.15) is 27.2 Å². The Labute approximate surface area is 76.2 Å². The summed E-state index contributed by atoms with van der Waals surface area (Å²) in [5.41, 5.74) is 0. The lowest BCUT2D eigenvalue weighted by molar-refractivity contribution is 0.160. The van der Waals surface area contributed by atoms with Crippen LogP contribution in [0.15, 0.2) is 12.3 Å². The van der Waals surface area contributed by atoms with Gasteiger partial charge in [0.2, 0.25) is 0 Å². The summed E-state index contributed by atoms with van der Waals surface area (Å²) in [6.45, 7) is 14.1. The molecule has 0 saturated carbocycles. The molecule has 2 nitrogen and oxygen atoms in total. The monoisotopic (exact) mass is 171 g/mol. The molecule has 2 heteroatoms. The molecule has 0 N–H and O–H groups in total. The fourth-order valence-electron chi connectivity index (χ4n) is 0.961. The first kappa shape index (κ1) is 11.5. The Bertz CT molecular complexity index is 119. The molecule has 0 radical (unpaired) electrons. The highest BCUT2D eigenvalue weighted by Gasteiger charge is 1.98. The summed E-state index contributed by atoms with van der Waals surface area (Å²) in [7, 11) is 0. The molecule has 12 heavy (non-hydrogen) atoms. The molecule has 0 aliphatic carbocycles. The summed E-state index contributed by atoms with van der Waals surface area (Å²) < 4.78 is 5.39. The Morgan fingerprint density at radius 1 is 1.25 bits per heavy atom. The third-order valence-electron chi connectivity index (χ3n) is 2.00. The van der Waals surface area contributed by atoms with Crippen LogP contribution in [0.2, 0.25) is 0 Å². The molecule has 0 aliphatic rings. The van der Waals surface area contributed by atoms with Crippen LogP contribution in [0.25, 0.3) is 0 Å². The number of nitrogens with zero attached hydrogens (tertiary/aromatic N) is 1. The number of likely N-dealkylation sites (N-methyl/N-ethyl adjacent to an activating group) is 1. The Kier molecular flexibility index (Phi) is 6.87. The van der Waals surface area contributed by atoms with Crippen molar-refractivity contribution in [2.75, 3.05) is 26.2 Å². The zero-order valence-electron chi connectivity index (χ0n) is 8.60. The molecule has 0 aromatic rings. The van der Waals surface area contributed by atoms with Gasteiger partial charge in [0, 0.05) is 13.0 Å². The Morgan fingerprint density at radius 3 is 2.25 bits per heavy atom. The van der Waals surface area contributed by atoms with Gasteiger partial charge >= 0.3 is 0 Å². The Hall–Kier alpha value is -0.500. The molecule has 0 spiro atoms. The van der Waals surface area contributed by atoms with Crippen molar-refractivity contribution in [3.05, 3.63) is 12.3 Å². The number of hydrogen-bond acceptors (Lipinski definition) is 2. The van der Waals surface area contributed by atoms with Crippen molar-refractivity contribution >= 4 is 0 Å². The minimum Gasteiger partial charge on any atom is -0.497 e. The molecule has 0 atom stereocenters. The molecule has 0 bridgehead atoms. The predicted molar refractivity (Wildman–Crippen MR) is 53.2 cm³/mol. The van der Waals surface area contributed by atoms with Crippen molar-refractivity contribution in [3.8, 4) is 0 Å². The third kappa shape index (κ3) is 5.19. The van der Waals surface area contributed by atoms with E-state index in [9.17, 15) is 0 Å². The highest BCUT2D eigenvalue weighted by molar-refractivity contribution is 4.79. The Morgan fingerprint density at radius 2 is 1.83 bits per heavy atom. The van der Waals surface area contributed by atoms with Crippen LogP contribution in [0, 0.1) is 0 Å². The van der Waals surface area contributed by atoms with Gasteiger partial charge in [-0.25, -0.2) is 0 Å². The van der Waals surface area contributed by atoms with Crippen LogP contribution in [-0.4, -0.2) is 31.1 Å². The molecule has 0 unspecified atom stereocenters. The first-order valence-corrected chi connectivity index (χ1v) is 4.77. The summed E-state index contributed by atoms with van der Waals surface area (Å²) in [5, 5.41) is 0. The average Bonchev–Trinajstić information content (AvgIpc) is 2.12. The molecular weight excluding hydrogens is 150 g/mol. The third-order valence-corrected chi connectivity index (χ3v) is 2.00. The van der Waals surface area contributed by atoms with Gasteiger partial charge in [0.15, 0.2) is 0 Å². The van der Waals surface area contributed by atoms with E-state index in [2.05, 4.69) is 32.3 Å². The fraction of sp³-hybridized carbons (Fsp3) is 0.800. The van der Waals surface area contributed by atoms with Gasteiger partial charge in [0.25, 0.3) is 0 Å². The summed E-state index contributed by atoms with van der Waals surface area (Å²) in [5.74, 6) is 0.891. The molecule has 0 amide bonds. The van der Waals surface area contributed by atoms with E-state index in [1.165, 1.54) is 0 Å². The Balaban J connectivity index is 3.34. The minimum absolute atomic E-state index is 0.772. The lowest BCUT2D eigenvalue weighted by Crippen LogP contribution is -2.26. The van der Waals surface area contributed by atoms with Crippen molar-refractivity contribution in [2.24, 2.45) is 0 Å². The van der Waals surface area contributed by atoms with Gasteiger partial charge in [0.1, 0.15) is 6.61 Å². The minimum atomic E-state index is 0.772. The first-order valence-electron chi connectivity index (χ1n) is 4.77. The molecular formula is C10H21NO. The molecule has 0 aromatic heterocycles. The van der Waals surface area contributed by atoms with Gasteiger partial charge in [-0.05, 0) is 13.1 Å². The molecule has 0 fully saturated rings. The van der Waals surface area contributed by atoms with Crippen LogP contribution >= 0.6 is 0 Å². The second kappa shape index (κ2) is 7.17. The quantitative estimate of drug-likeness (QED) is 0.545. The smallest absolute Gasteiger partial charge is 0.100 e. The topological polar surface area (TPSA) is 12.5 Å².